The lowest BCUT2D eigenvalue weighted by Gasteiger charge is -2.23. The monoisotopic (exact) mass is 226 g/mol. The van der Waals surface area contributed by atoms with Gasteiger partial charge in [0.15, 0.2) is 0 Å². The van der Waals surface area contributed by atoms with Crippen LogP contribution in [-0.4, -0.2) is 19.0 Å². The third-order valence-corrected chi connectivity index (χ3v) is 3.58. The minimum atomic E-state index is 0.0218. The fourth-order valence-corrected chi connectivity index (χ4v) is 2.48. The molecule has 1 rings (SSSR count). The van der Waals surface area contributed by atoms with Crippen molar-refractivity contribution < 1.29 is 4.79 Å². The molecule has 3 heteroatoms. The topological polar surface area (TPSA) is 55.1 Å². The Morgan fingerprint density at radius 1 is 1.38 bits per heavy atom. The zero-order valence-electron chi connectivity index (χ0n) is 10.5. The fourth-order valence-electron chi connectivity index (χ4n) is 2.48. The summed E-state index contributed by atoms with van der Waals surface area (Å²) in [6.45, 7) is 3.43. The highest BCUT2D eigenvalue weighted by atomic mass is 16.1. The van der Waals surface area contributed by atoms with Crippen LogP contribution >= 0.6 is 0 Å². The molecule has 94 valence electrons. The number of carbonyl (C=O) groups excluding carboxylic acids is 1. The second kappa shape index (κ2) is 7.66. The first kappa shape index (κ1) is 13.5. The Bertz CT molecular complexity index is 200. The number of carbonyl (C=O) groups is 1. The van der Waals surface area contributed by atoms with E-state index in [-0.39, 0.29) is 11.8 Å². The van der Waals surface area contributed by atoms with E-state index in [1.54, 1.807) is 0 Å². The molecule has 1 unspecified atom stereocenters. The average Bonchev–Trinajstić information content (AvgIpc) is 2.34. The van der Waals surface area contributed by atoms with Gasteiger partial charge >= 0.3 is 0 Å². The highest BCUT2D eigenvalue weighted by Gasteiger charge is 2.18. The largest absolute Gasteiger partial charge is 0.356 e. The molecule has 0 radical (unpaired) electrons. The highest BCUT2D eigenvalue weighted by molar-refractivity contribution is 5.78. The van der Waals surface area contributed by atoms with Crippen molar-refractivity contribution in [3.63, 3.8) is 0 Å². The molecule has 0 bridgehead atoms. The molecule has 1 fully saturated rings. The van der Waals surface area contributed by atoms with Gasteiger partial charge in [-0.05, 0) is 25.2 Å². The Kier molecular flexibility index (Phi) is 6.46. The van der Waals surface area contributed by atoms with Crippen molar-refractivity contribution in [1.29, 1.82) is 0 Å². The van der Waals surface area contributed by atoms with Crippen molar-refractivity contribution in [2.45, 2.75) is 51.9 Å². The van der Waals surface area contributed by atoms with Crippen LogP contribution in [0.1, 0.15) is 51.9 Å². The van der Waals surface area contributed by atoms with Gasteiger partial charge in [0.25, 0.3) is 0 Å². The number of hydrogen-bond donors (Lipinski definition) is 2. The molecule has 1 aliphatic rings. The number of rotatable bonds is 6. The van der Waals surface area contributed by atoms with Crippen LogP contribution in [0.25, 0.3) is 0 Å². The molecule has 0 heterocycles. The summed E-state index contributed by atoms with van der Waals surface area (Å²) in [6, 6.07) is 0. The van der Waals surface area contributed by atoms with Crippen LogP contribution in [0.15, 0.2) is 0 Å². The van der Waals surface area contributed by atoms with Gasteiger partial charge in [-0.3, -0.25) is 4.79 Å². The van der Waals surface area contributed by atoms with Crippen molar-refractivity contribution in [2.24, 2.45) is 17.6 Å². The van der Waals surface area contributed by atoms with Gasteiger partial charge in [-0.2, -0.15) is 0 Å². The van der Waals surface area contributed by atoms with Crippen LogP contribution < -0.4 is 11.1 Å². The summed E-state index contributed by atoms with van der Waals surface area (Å²) in [5, 5.41) is 3.07. The van der Waals surface area contributed by atoms with Crippen molar-refractivity contribution in [3.05, 3.63) is 0 Å². The van der Waals surface area contributed by atoms with E-state index < -0.39 is 0 Å². The van der Waals surface area contributed by atoms with E-state index in [9.17, 15) is 4.79 Å². The molecular formula is C13H26N2O. The molecule has 3 nitrogen and oxygen atoms in total. The molecule has 3 N–H and O–H groups in total. The lowest BCUT2D eigenvalue weighted by molar-refractivity contribution is -0.125. The van der Waals surface area contributed by atoms with E-state index in [4.69, 9.17) is 5.73 Å². The summed E-state index contributed by atoms with van der Waals surface area (Å²) in [4.78, 5) is 11.8. The molecule has 1 aliphatic carbocycles. The van der Waals surface area contributed by atoms with Crippen LogP contribution in [0, 0.1) is 11.8 Å². The average molecular weight is 226 g/mol. The fraction of sp³-hybridized carbons (Fsp3) is 0.923. The van der Waals surface area contributed by atoms with E-state index in [0.29, 0.717) is 12.5 Å². The molecule has 0 aromatic rings. The third-order valence-electron chi connectivity index (χ3n) is 3.58. The summed E-state index contributed by atoms with van der Waals surface area (Å²) in [5.74, 6) is 0.890. The zero-order chi connectivity index (χ0) is 11.8. The first-order valence-electron chi connectivity index (χ1n) is 6.75. The minimum Gasteiger partial charge on any atom is -0.356 e. The van der Waals surface area contributed by atoms with Gasteiger partial charge in [-0.25, -0.2) is 0 Å². The predicted octanol–water partition coefficient (Wildman–Crippen LogP) is 2.06. The highest BCUT2D eigenvalue weighted by Crippen LogP contribution is 2.22. The van der Waals surface area contributed by atoms with Gasteiger partial charge in [0.2, 0.25) is 5.91 Å². The SMILES string of the molecule is CCCC(CN)C(=O)NCC1CCCCC1. The number of amides is 1. The van der Waals surface area contributed by atoms with Crippen molar-refractivity contribution in [1.82, 2.24) is 5.32 Å². The Balaban J connectivity index is 2.21. The molecule has 1 atom stereocenters. The maximum Gasteiger partial charge on any atom is 0.224 e. The lowest BCUT2D eigenvalue weighted by Crippen LogP contribution is -2.38. The maximum absolute atomic E-state index is 11.8. The molecule has 16 heavy (non-hydrogen) atoms. The Hall–Kier alpha value is -0.570. The van der Waals surface area contributed by atoms with Crippen LogP contribution in [0.5, 0.6) is 0 Å². The van der Waals surface area contributed by atoms with Crippen LogP contribution in [0.4, 0.5) is 0 Å². The quantitative estimate of drug-likeness (QED) is 0.728. The van der Waals surface area contributed by atoms with Crippen molar-refractivity contribution in [3.8, 4) is 0 Å². The molecule has 1 amide bonds. The Morgan fingerprint density at radius 2 is 2.06 bits per heavy atom. The first-order valence-corrected chi connectivity index (χ1v) is 6.75. The van der Waals surface area contributed by atoms with Gasteiger partial charge in [-0.1, -0.05) is 32.6 Å². The summed E-state index contributed by atoms with van der Waals surface area (Å²) in [7, 11) is 0. The summed E-state index contributed by atoms with van der Waals surface area (Å²) in [6.07, 6.45) is 8.52. The molecule has 0 aromatic heterocycles. The third kappa shape index (κ3) is 4.52. The van der Waals surface area contributed by atoms with Crippen LogP contribution in [-0.2, 0) is 4.79 Å². The van der Waals surface area contributed by atoms with E-state index in [1.165, 1.54) is 32.1 Å². The molecule has 0 spiro atoms. The van der Waals surface area contributed by atoms with Crippen molar-refractivity contribution in [2.75, 3.05) is 13.1 Å². The number of hydrogen-bond acceptors (Lipinski definition) is 2. The normalized spacial score (nSPS) is 19.4. The molecule has 0 aromatic carbocycles. The summed E-state index contributed by atoms with van der Waals surface area (Å²) >= 11 is 0. The standard InChI is InChI=1S/C13H26N2O/c1-2-6-12(9-14)13(16)15-10-11-7-4-3-5-8-11/h11-12H,2-10,14H2,1H3,(H,15,16). The van der Waals surface area contributed by atoms with E-state index in [2.05, 4.69) is 12.2 Å². The molecule has 0 saturated heterocycles. The lowest BCUT2D eigenvalue weighted by atomic mass is 9.89. The maximum atomic E-state index is 11.8. The van der Waals surface area contributed by atoms with Gasteiger partial charge < -0.3 is 11.1 Å². The van der Waals surface area contributed by atoms with Gasteiger partial charge in [0, 0.05) is 13.1 Å². The van der Waals surface area contributed by atoms with Gasteiger partial charge in [-0.15, -0.1) is 0 Å². The van der Waals surface area contributed by atoms with Crippen molar-refractivity contribution >= 4 is 5.91 Å². The Labute approximate surface area is 99.2 Å². The van der Waals surface area contributed by atoms with E-state index in [0.717, 1.165) is 19.4 Å². The van der Waals surface area contributed by atoms with E-state index in [1.807, 2.05) is 0 Å². The zero-order valence-corrected chi connectivity index (χ0v) is 10.5. The second-order valence-electron chi connectivity index (χ2n) is 4.97. The summed E-state index contributed by atoms with van der Waals surface area (Å²) in [5.41, 5.74) is 5.61. The van der Waals surface area contributed by atoms with Crippen LogP contribution in [0.2, 0.25) is 0 Å². The second-order valence-corrected chi connectivity index (χ2v) is 4.97. The Morgan fingerprint density at radius 3 is 2.62 bits per heavy atom. The van der Waals surface area contributed by atoms with Gasteiger partial charge in [0.05, 0.1) is 5.92 Å². The number of nitrogens with two attached hydrogens (primary N) is 1. The molecule has 0 aliphatic heterocycles. The van der Waals surface area contributed by atoms with Gasteiger partial charge in [0.1, 0.15) is 0 Å². The molecular weight excluding hydrogens is 200 g/mol. The smallest absolute Gasteiger partial charge is 0.224 e. The predicted molar refractivity (Wildman–Crippen MR) is 67.0 cm³/mol. The minimum absolute atomic E-state index is 0.0218. The number of nitrogens with one attached hydrogen (secondary N) is 1. The van der Waals surface area contributed by atoms with E-state index >= 15 is 0 Å². The summed E-state index contributed by atoms with van der Waals surface area (Å²) < 4.78 is 0. The molecule has 1 saturated carbocycles. The first-order chi connectivity index (χ1) is 7.77. The van der Waals surface area contributed by atoms with Crippen LogP contribution in [0.3, 0.4) is 0 Å².